The van der Waals surface area contributed by atoms with Crippen molar-refractivity contribution in [3.8, 4) is 0 Å². The molecular formula is C30H36Cl2N2OS. The fraction of sp³-hybridized carbons (Fsp3) is 0.467. The maximum absolute atomic E-state index is 11.0. The third-order valence-electron chi connectivity index (χ3n) is 8.10. The molecule has 0 saturated carbocycles. The van der Waals surface area contributed by atoms with E-state index in [0.717, 1.165) is 48.6 Å². The van der Waals surface area contributed by atoms with E-state index >= 15 is 0 Å². The van der Waals surface area contributed by atoms with Crippen LogP contribution in [-0.4, -0.2) is 47.1 Å². The molecule has 36 heavy (non-hydrogen) atoms. The molecular weight excluding hydrogens is 507 g/mol. The summed E-state index contributed by atoms with van der Waals surface area (Å²) in [5.74, 6) is 1.01. The number of thiophene rings is 1. The second-order valence-corrected chi connectivity index (χ2v) is 12.0. The lowest BCUT2D eigenvalue weighted by Crippen LogP contribution is -2.46. The molecule has 3 aromatic rings. The molecule has 1 N–H and O–H groups in total. The fourth-order valence-corrected chi connectivity index (χ4v) is 7.44. The molecule has 4 unspecified atom stereocenters. The Morgan fingerprint density at radius 3 is 2.47 bits per heavy atom. The molecule has 3 nitrogen and oxygen atoms in total. The van der Waals surface area contributed by atoms with E-state index in [9.17, 15) is 5.11 Å². The molecule has 0 spiro atoms. The van der Waals surface area contributed by atoms with Crippen molar-refractivity contribution in [3.05, 3.63) is 92.1 Å². The van der Waals surface area contributed by atoms with Crippen molar-refractivity contribution in [2.75, 3.05) is 26.2 Å². The highest BCUT2D eigenvalue weighted by Gasteiger charge is 2.41. The highest BCUT2D eigenvalue weighted by atomic mass is 35.5. The molecule has 6 heteroatoms. The second kappa shape index (κ2) is 12.4. The molecule has 192 valence electrons. The normalized spacial score (nSPS) is 23.1. The Hall–Kier alpha value is -1.40. The van der Waals surface area contributed by atoms with Crippen LogP contribution in [0.2, 0.25) is 10.0 Å². The van der Waals surface area contributed by atoms with Gasteiger partial charge in [0, 0.05) is 41.6 Å². The van der Waals surface area contributed by atoms with E-state index in [0.29, 0.717) is 22.9 Å². The number of aliphatic hydroxyl groups is 1. The van der Waals surface area contributed by atoms with Crippen LogP contribution < -0.4 is 0 Å². The van der Waals surface area contributed by atoms with Crippen LogP contribution in [0.15, 0.2) is 65.4 Å². The molecule has 4 atom stereocenters. The Morgan fingerprint density at radius 1 is 0.944 bits per heavy atom. The largest absolute Gasteiger partial charge is 0.388 e. The smallest absolute Gasteiger partial charge is 0.0790 e. The van der Waals surface area contributed by atoms with Gasteiger partial charge < -0.3 is 10.0 Å². The molecule has 0 bridgehead atoms. The zero-order valence-electron chi connectivity index (χ0n) is 20.7. The lowest BCUT2D eigenvalue weighted by Gasteiger charge is -2.40. The van der Waals surface area contributed by atoms with Crippen molar-refractivity contribution in [2.24, 2.45) is 5.92 Å². The van der Waals surface area contributed by atoms with Gasteiger partial charge in [-0.1, -0.05) is 66.0 Å². The van der Waals surface area contributed by atoms with Gasteiger partial charge in [-0.2, -0.15) is 11.3 Å². The van der Waals surface area contributed by atoms with Gasteiger partial charge in [0.25, 0.3) is 0 Å². The summed E-state index contributed by atoms with van der Waals surface area (Å²) >= 11 is 14.5. The lowest BCUT2D eigenvalue weighted by atomic mass is 9.81. The minimum atomic E-state index is -0.413. The number of piperidine rings is 1. The zero-order valence-corrected chi connectivity index (χ0v) is 23.1. The molecule has 2 aromatic carbocycles. The monoisotopic (exact) mass is 542 g/mol. The SMILES string of the molecule is OC(CCC(C1CN(Cc2ccc(Cl)cc2Cl)CC1c1ccsc1)N1CCCCC1)c1ccccc1. The summed E-state index contributed by atoms with van der Waals surface area (Å²) in [5, 5.41) is 17.0. The average Bonchev–Trinajstić information content (AvgIpc) is 3.57. The van der Waals surface area contributed by atoms with Gasteiger partial charge in [-0.3, -0.25) is 4.90 Å². The van der Waals surface area contributed by atoms with E-state index < -0.39 is 6.10 Å². The number of hydrogen-bond donors (Lipinski definition) is 1. The highest BCUT2D eigenvalue weighted by molar-refractivity contribution is 7.08. The summed E-state index contributed by atoms with van der Waals surface area (Å²) in [6.07, 6.45) is 5.27. The molecule has 0 amide bonds. The van der Waals surface area contributed by atoms with E-state index in [1.165, 1.54) is 37.9 Å². The molecule has 5 rings (SSSR count). The maximum Gasteiger partial charge on any atom is 0.0790 e. The molecule has 0 aliphatic carbocycles. The standard InChI is InChI=1S/C30H36Cl2N2OS/c31-25-10-9-23(28(32)17-25)18-33-19-26(24-13-16-36-21-24)27(20-33)29(34-14-5-2-6-15-34)11-12-30(35)22-7-3-1-4-8-22/h1,3-4,7-10,13,16-17,21,26-27,29-30,35H,2,5-6,11-12,14-15,18-20H2. The summed E-state index contributed by atoms with van der Waals surface area (Å²) in [4.78, 5) is 5.32. The number of hydrogen-bond acceptors (Lipinski definition) is 4. The van der Waals surface area contributed by atoms with Crippen LogP contribution in [0.4, 0.5) is 0 Å². The molecule has 0 radical (unpaired) electrons. The van der Waals surface area contributed by atoms with Gasteiger partial charge in [0.1, 0.15) is 0 Å². The first kappa shape index (κ1) is 26.2. The van der Waals surface area contributed by atoms with Crippen LogP contribution >= 0.6 is 34.5 Å². The van der Waals surface area contributed by atoms with Gasteiger partial charge in [-0.15, -0.1) is 0 Å². The Labute approximate surface area is 229 Å². The van der Waals surface area contributed by atoms with Crippen molar-refractivity contribution in [1.82, 2.24) is 9.80 Å². The summed E-state index contributed by atoms with van der Waals surface area (Å²) < 4.78 is 0. The first-order chi connectivity index (χ1) is 17.6. The van der Waals surface area contributed by atoms with E-state index in [-0.39, 0.29) is 0 Å². The third kappa shape index (κ3) is 6.35. The van der Waals surface area contributed by atoms with Gasteiger partial charge in [0.2, 0.25) is 0 Å². The molecule has 3 heterocycles. The van der Waals surface area contributed by atoms with Gasteiger partial charge in [0.05, 0.1) is 6.10 Å². The summed E-state index contributed by atoms with van der Waals surface area (Å²) in [7, 11) is 0. The third-order valence-corrected chi connectivity index (χ3v) is 9.38. The van der Waals surface area contributed by atoms with Crippen LogP contribution in [0.25, 0.3) is 0 Å². The minimum absolute atomic E-state index is 0.413. The number of rotatable bonds is 9. The van der Waals surface area contributed by atoms with Gasteiger partial charge in [-0.05, 0) is 90.3 Å². The zero-order chi connectivity index (χ0) is 24.9. The van der Waals surface area contributed by atoms with Crippen molar-refractivity contribution < 1.29 is 5.11 Å². The van der Waals surface area contributed by atoms with E-state index in [4.69, 9.17) is 23.2 Å². The number of likely N-dealkylation sites (tertiary alicyclic amines) is 2. The van der Waals surface area contributed by atoms with Crippen LogP contribution in [0.1, 0.15) is 60.8 Å². The number of aliphatic hydroxyl groups excluding tert-OH is 1. The maximum atomic E-state index is 11.0. The Bertz CT molecular complexity index is 1090. The molecule has 1 aromatic heterocycles. The Morgan fingerprint density at radius 2 is 1.75 bits per heavy atom. The number of nitrogens with zero attached hydrogens (tertiary/aromatic N) is 2. The molecule has 2 aliphatic rings. The predicted octanol–water partition coefficient (Wildman–Crippen LogP) is 7.64. The van der Waals surface area contributed by atoms with Crippen LogP contribution in [0.5, 0.6) is 0 Å². The van der Waals surface area contributed by atoms with E-state index in [1.54, 1.807) is 11.3 Å². The average molecular weight is 544 g/mol. The molecule has 2 saturated heterocycles. The lowest BCUT2D eigenvalue weighted by molar-refractivity contribution is 0.0828. The highest BCUT2D eigenvalue weighted by Crippen LogP contribution is 2.41. The van der Waals surface area contributed by atoms with Crippen LogP contribution in [-0.2, 0) is 6.54 Å². The predicted molar refractivity (Wildman–Crippen MR) is 152 cm³/mol. The van der Waals surface area contributed by atoms with Gasteiger partial charge in [-0.25, -0.2) is 0 Å². The summed E-state index contributed by atoms with van der Waals surface area (Å²) in [5.41, 5.74) is 3.62. The van der Waals surface area contributed by atoms with Gasteiger partial charge in [0.15, 0.2) is 0 Å². The van der Waals surface area contributed by atoms with Crippen molar-refractivity contribution in [3.63, 3.8) is 0 Å². The summed E-state index contributed by atoms with van der Waals surface area (Å²) in [6.45, 7) is 5.25. The van der Waals surface area contributed by atoms with Crippen molar-refractivity contribution in [2.45, 2.75) is 56.7 Å². The number of benzene rings is 2. The van der Waals surface area contributed by atoms with Crippen molar-refractivity contribution >= 4 is 34.5 Å². The Kier molecular flexibility index (Phi) is 9.05. The van der Waals surface area contributed by atoms with Gasteiger partial charge >= 0.3 is 0 Å². The first-order valence-electron chi connectivity index (χ1n) is 13.2. The quantitative estimate of drug-likeness (QED) is 0.301. The van der Waals surface area contributed by atoms with Crippen LogP contribution in [0.3, 0.4) is 0 Å². The Balaban J connectivity index is 1.37. The van der Waals surface area contributed by atoms with E-state index in [1.807, 2.05) is 42.5 Å². The van der Waals surface area contributed by atoms with Crippen molar-refractivity contribution in [1.29, 1.82) is 0 Å². The second-order valence-electron chi connectivity index (χ2n) is 10.4. The van der Waals surface area contributed by atoms with Crippen LogP contribution in [0, 0.1) is 5.92 Å². The first-order valence-corrected chi connectivity index (χ1v) is 14.9. The van der Waals surface area contributed by atoms with E-state index in [2.05, 4.69) is 32.7 Å². The minimum Gasteiger partial charge on any atom is -0.388 e. The summed E-state index contributed by atoms with van der Waals surface area (Å²) in [6, 6.07) is 18.8. The fourth-order valence-electron chi connectivity index (χ4n) is 6.25. The number of halogens is 2. The topological polar surface area (TPSA) is 26.7 Å². The molecule has 2 fully saturated rings. The molecule has 2 aliphatic heterocycles.